The summed E-state index contributed by atoms with van der Waals surface area (Å²) >= 11 is 0. The molecule has 1 aromatic heterocycles. The van der Waals surface area contributed by atoms with E-state index in [1.807, 2.05) is 6.92 Å². The molecular formula is C10H10F2N2O. The number of hydrogen-bond donors (Lipinski definition) is 0. The molecule has 80 valence electrons. The number of carbonyl (C=O) groups excluding carboxylic acids is 1. The predicted octanol–water partition coefficient (Wildman–Crippen LogP) is 1.45. The first kappa shape index (κ1) is 10.0. The van der Waals surface area contributed by atoms with Crippen LogP contribution in [0.2, 0.25) is 0 Å². The van der Waals surface area contributed by atoms with Crippen LogP contribution in [0.25, 0.3) is 0 Å². The van der Waals surface area contributed by atoms with Crippen LogP contribution in [0.4, 0.5) is 8.78 Å². The lowest BCUT2D eigenvalue weighted by Crippen LogP contribution is -2.48. The minimum atomic E-state index is -1.23. The Bertz CT molecular complexity index is 402. The lowest BCUT2D eigenvalue weighted by atomic mass is 10.0. The molecular weight excluding hydrogens is 202 g/mol. The van der Waals surface area contributed by atoms with Crippen LogP contribution in [0.15, 0.2) is 12.3 Å². The van der Waals surface area contributed by atoms with Gasteiger partial charge in [0.15, 0.2) is 5.82 Å². The maximum absolute atomic E-state index is 13.2. The van der Waals surface area contributed by atoms with E-state index >= 15 is 0 Å². The predicted molar refractivity (Wildman–Crippen MR) is 49.2 cm³/mol. The Morgan fingerprint density at radius 1 is 1.53 bits per heavy atom. The van der Waals surface area contributed by atoms with E-state index in [1.165, 1.54) is 11.0 Å². The Balaban J connectivity index is 2.22. The van der Waals surface area contributed by atoms with Gasteiger partial charge in [-0.05, 0) is 12.0 Å². The second-order valence-electron chi connectivity index (χ2n) is 3.78. The molecule has 0 atom stereocenters. The number of aromatic nitrogens is 1. The van der Waals surface area contributed by atoms with Crippen LogP contribution in [-0.2, 0) is 0 Å². The molecule has 1 aliphatic heterocycles. The fourth-order valence-electron chi connectivity index (χ4n) is 1.62. The van der Waals surface area contributed by atoms with Crippen LogP contribution >= 0.6 is 0 Å². The summed E-state index contributed by atoms with van der Waals surface area (Å²) in [5.74, 6) is -2.42. The third kappa shape index (κ3) is 1.69. The van der Waals surface area contributed by atoms with Gasteiger partial charge >= 0.3 is 0 Å². The summed E-state index contributed by atoms with van der Waals surface area (Å²) in [6.45, 7) is 3.19. The van der Waals surface area contributed by atoms with Crippen molar-refractivity contribution in [3.63, 3.8) is 0 Å². The fourth-order valence-corrected chi connectivity index (χ4v) is 1.62. The number of amides is 1. The molecule has 0 N–H and O–H groups in total. The van der Waals surface area contributed by atoms with Gasteiger partial charge in [-0.25, -0.2) is 9.37 Å². The van der Waals surface area contributed by atoms with Crippen molar-refractivity contribution in [2.24, 2.45) is 5.92 Å². The van der Waals surface area contributed by atoms with E-state index < -0.39 is 17.7 Å². The largest absolute Gasteiger partial charge is 0.338 e. The zero-order valence-corrected chi connectivity index (χ0v) is 8.20. The smallest absolute Gasteiger partial charge is 0.257 e. The molecule has 0 bridgehead atoms. The summed E-state index contributed by atoms with van der Waals surface area (Å²) in [6, 6.07) is 1.20. The molecule has 0 spiro atoms. The van der Waals surface area contributed by atoms with E-state index in [4.69, 9.17) is 0 Å². The van der Waals surface area contributed by atoms with Crippen molar-refractivity contribution in [3.05, 3.63) is 29.6 Å². The second-order valence-corrected chi connectivity index (χ2v) is 3.78. The van der Waals surface area contributed by atoms with Crippen LogP contribution in [0, 0.1) is 17.7 Å². The Morgan fingerprint density at radius 2 is 2.20 bits per heavy atom. The van der Waals surface area contributed by atoms with Crippen LogP contribution < -0.4 is 0 Å². The monoisotopic (exact) mass is 212 g/mol. The average Bonchev–Trinajstić information content (AvgIpc) is 2.16. The van der Waals surface area contributed by atoms with Crippen molar-refractivity contribution < 1.29 is 13.6 Å². The van der Waals surface area contributed by atoms with Gasteiger partial charge in [-0.3, -0.25) is 4.79 Å². The van der Waals surface area contributed by atoms with Gasteiger partial charge in [0, 0.05) is 19.3 Å². The highest BCUT2D eigenvalue weighted by Gasteiger charge is 2.30. The van der Waals surface area contributed by atoms with Crippen LogP contribution in [0.3, 0.4) is 0 Å². The average molecular weight is 212 g/mol. The molecule has 1 aliphatic rings. The Morgan fingerprint density at radius 3 is 2.80 bits per heavy atom. The summed E-state index contributed by atoms with van der Waals surface area (Å²) in [4.78, 5) is 16.3. The lowest BCUT2D eigenvalue weighted by Gasteiger charge is -2.37. The molecule has 0 saturated carbocycles. The summed E-state index contributed by atoms with van der Waals surface area (Å²) < 4.78 is 25.9. The van der Waals surface area contributed by atoms with Crippen LogP contribution in [-0.4, -0.2) is 28.9 Å². The molecule has 1 aromatic rings. The number of pyridine rings is 1. The number of carbonyl (C=O) groups is 1. The standard InChI is InChI=1S/C10H10F2N2O/c1-6-4-14(5-6)10(15)7-2-3-13-9(12)8(7)11/h2-3,6H,4-5H2,1H3. The highest BCUT2D eigenvalue weighted by Crippen LogP contribution is 2.19. The number of hydrogen-bond acceptors (Lipinski definition) is 2. The van der Waals surface area contributed by atoms with Gasteiger partial charge in [-0.2, -0.15) is 4.39 Å². The van der Waals surface area contributed by atoms with Gasteiger partial charge in [0.05, 0.1) is 5.56 Å². The number of likely N-dealkylation sites (tertiary alicyclic amines) is 1. The zero-order valence-electron chi connectivity index (χ0n) is 8.20. The summed E-state index contributed by atoms with van der Waals surface area (Å²) in [7, 11) is 0. The van der Waals surface area contributed by atoms with Gasteiger partial charge < -0.3 is 4.90 Å². The topological polar surface area (TPSA) is 33.2 Å². The number of halogens is 2. The fraction of sp³-hybridized carbons (Fsp3) is 0.400. The van der Waals surface area contributed by atoms with Gasteiger partial charge in [0.1, 0.15) is 0 Å². The molecule has 5 heteroatoms. The summed E-state index contributed by atoms with van der Waals surface area (Å²) in [5, 5.41) is 0. The first-order chi connectivity index (χ1) is 7.09. The molecule has 0 unspecified atom stereocenters. The molecule has 1 amide bonds. The second kappa shape index (κ2) is 3.56. The van der Waals surface area contributed by atoms with E-state index in [2.05, 4.69) is 4.98 Å². The van der Waals surface area contributed by atoms with Crippen LogP contribution in [0.1, 0.15) is 17.3 Å². The van der Waals surface area contributed by atoms with Crippen LogP contribution in [0.5, 0.6) is 0 Å². The third-order valence-electron chi connectivity index (χ3n) is 2.43. The van der Waals surface area contributed by atoms with Crippen molar-refractivity contribution in [3.8, 4) is 0 Å². The number of rotatable bonds is 1. The van der Waals surface area contributed by atoms with E-state index in [0.717, 1.165) is 6.20 Å². The molecule has 0 radical (unpaired) electrons. The van der Waals surface area contributed by atoms with Gasteiger partial charge in [-0.1, -0.05) is 6.92 Å². The Hall–Kier alpha value is -1.52. The first-order valence-corrected chi connectivity index (χ1v) is 4.69. The molecule has 1 fully saturated rings. The van der Waals surface area contributed by atoms with E-state index in [9.17, 15) is 13.6 Å². The van der Waals surface area contributed by atoms with Crippen molar-refractivity contribution in [1.82, 2.24) is 9.88 Å². The molecule has 2 rings (SSSR count). The van der Waals surface area contributed by atoms with Crippen molar-refractivity contribution in [2.75, 3.05) is 13.1 Å². The minimum Gasteiger partial charge on any atom is -0.338 e. The Kier molecular flexibility index (Phi) is 2.38. The number of nitrogens with zero attached hydrogens (tertiary/aromatic N) is 2. The van der Waals surface area contributed by atoms with E-state index in [-0.39, 0.29) is 5.56 Å². The molecule has 2 heterocycles. The molecule has 3 nitrogen and oxygen atoms in total. The third-order valence-corrected chi connectivity index (χ3v) is 2.43. The van der Waals surface area contributed by atoms with E-state index in [0.29, 0.717) is 19.0 Å². The molecule has 15 heavy (non-hydrogen) atoms. The summed E-state index contributed by atoms with van der Waals surface area (Å²) in [5.41, 5.74) is -0.241. The molecule has 1 saturated heterocycles. The highest BCUT2D eigenvalue weighted by molar-refractivity contribution is 5.94. The van der Waals surface area contributed by atoms with Crippen molar-refractivity contribution in [2.45, 2.75) is 6.92 Å². The van der Waals surface area contributed by atoms with E-state index in [1.54, 1.807) is 0 Å². The SMILES string of the molecule is CC1CN(C(=O)c2ccnc(F)c2F)C1. The minimum absolute atomic E-state index is 0.241. The maximum Gasteiger partial charge on any atom is 0.257 e. The Labute approximate surface area is 85.7 Å². The lowest BCUT2D eigenvalue weighted by molar-refractivity contribution is 0.0524. The van der Waals surface area contributed by atoms with Crippen molar-refractivity contribution in [1.29, 1.82) is 0 Å². The van der Waals surface area contributed by atoms with Gasteiger partial charge in [-0.15, -0.1) is 0 Å². The first-order valence-electron chi connectivity index (χ1n) is 4.69. The van der Waals surface area contributed by atoms with Gasteiger partial charge in [0.2, 0.25) is 5.95 Å². The highest BCUT2D eigenvalue weighted by atomic mass is 19.2. The normalized spacial score (nSPS) is 16.3. The molecule has 0 aromatic carbocycles. The van der Waals surface area contributed by atoms with Gasteiger partial charge in [0.25, 0.3) is 5.91 Å². The maximum atomic E-state index is 13.2. The molecule has 0 aliphatic carbocycles. The zero-order chi connectivity index (χ0) is 11.0. The quantitative estimate of drug-likeness (QED) is 0.660. The van der Waals surface area contributed by atoms with Crippen molar-refractivity contribution >= 4 is 5.91 Å². The summed E-state index contributed by atoms with van der Waals surface area (Å²) in [6.07, 6.45) is 1.09.